The zero-order valence-electron chi connectivity index (χ0n) is 13.4. The summed E-state index contributed by atoms with van der Waals surface area (Å²) in [6.07, 6.45) is 1.94. The lowest BCUT2D eigenvalue weighted by Crippen LogP contribution is -2.53. The summed E-state index contributed by atoms with van der Waals surface area (Å²) < 4.78 is 13.9. The average Bonchev–Trinajstić information content (AvgIpc) is 2.61. The SMILES string of the molecule is O=C(c1ccc(Cl)cc1F)N1CCN(C(=O)C2CCCNC2)CC1. The van der Waals surface area contributed by atoms with Gasteiger partial charge in [-0.2, -0.15) is 0 Å². The highest BCUT2D eigenvalue weighted by Gasteiger charge is 2.30. The lowest BCUT2D eigenvalue weighted by Gasteiger charge is -2.37. The number of rotatable bonds is 2. The van der Waals surface area contributed by atoms with Gasteiger partial charge in [-0.25, -0.2) is 4.39 Å². The maximum Gasteiger partial charge on any atom is 0.256 e. The van der Waals surface area contributed by atoms with Crippen LogP contribution in [0.3, 0.4) is 0 Å². The number of halogens is 2. The topological polar surface area (TPSA) is 52.7 Å². The van der Waals surface area contributed by atoms with E-state index in [1.165, 1.54) is 12.1 Å². The Kier molecular flexibility index (Phi) is 5.36. The zero-order chi connectivity index (χ0) is 17.1. The Balaban J connectivity index is 1.58. The molecule has 1 atom stereocenters. The number of nitrogens with one attached hydrogen (secondary N) is 1. The summed E-state index contributed by atoms with van der Waals surface area (Å²) in [4.78, 5) is 28.4. The summed E-state index contributed by atoms with van der Waals surface area (Å²) in [5.74, 6) is -0.767. The number of piperazine rings is 1. The molecule has 0 bridgehead atoms. The van der Waals surface area contributed by atoms with Gasteiger partial charge in [-0.3, -0.25) is 9.59 Å². The molecule has 7 heteroatoms. The van der Waals surface area contributed by atoms with Crippen molar-refractivity contribution >= 4 is 23.4 Å². The van der Waals surface area contributed by atoms with Crippen LogP contribution in [0.15, 0.2) is 18.2 Å². The minimum atomic E-state index is -0.612. The van der Waals surface area contributed by atoms with Crippen molar-refractivity contribution in [2.24, 2.45) is 5.92 Å². The van der Waals surface area contributed by atoms with E-state index < -0.39 is 5.82 Å². The molecule has 2 saturated heterocycles. The first-order valence-corrected chi connectivity index (χ1v) is 8.68. The first-order chi connectivity index (χ1) is 11.6. The molecule has 2 aliphatic heterocycles. The molecule has 24 heavy (non-hydrogen) atoms. The van der Waals surface area contributed by atoms with Gasteiger partial charge < -0.3 is 15.1 Å². The third kappa shape index (κ3) is 3.70. The predicted molar refractivity (Wildman–Crippen MR) is 89.5 cm³/mol. The molecule has 1 unspecified atom stereocenters. The predicted octanol–water partition coefficient (Wildman–Crippen LogP) is 1.76. The van der Waals surface area contributed by atoms with E-state index in [1.807, 2.05) is 4.90 Å². The second kappa shape index (κ2) is 7.49. The summed E-state index contributed by atoms with van der Waals surface area (Å²) >= 11 is 5.72. The molecule has 2 heterocycles. The molecule has 0 saturated carbocycles. The van der Waals surface area contributed by atoms with Crippen molar-refractivity contribution in [3.8, 4) is 0 Å². The molecule has 0 radical (unpaired) electrons. The maximum atomic E-state index is 13.9. The Hall–Kier alpha value is -1.66. The Bertz CT molecular complexity index is 626. The van der Waals surface area contributed by atoms with Gasteiger partial charge in [-0.15, -0.1) is 0 Å². The molecule has 0 spiro atoms. The monoisotopic (exact) mass is 353 g/mol. The summed E-state index contributed by atoms with van der Waals surface area (Å²) in [5.41, 5.74) is 0.0238. The number of carbonyl (C=O) groups is 2. The summed E-state index contributed by atoms with van der Waals surface area (Å²) in [6, 6.07) is 4.06. The number of benzene rings is 1. The van der Waals surface area contributed by atoms with Gasteiger partial charge in [0, 0.05) is 37.7 Å². The summed E-state index contributed by atoms with van der Waals surface area (Å²) in [7, 11) is 0. The van der Waals surface area contributed by atoms with E-state index in [1.54, 1.807) is 4.90 Å². The van der Waals surface area contributed by atoms with E-state index >= 15 is 0 Å². The van der Waals surface area contributed by atoms with E-state index in [0.717, 1.165) is 32.0 Å². The van der Waals surface area contributed by atoms with E-state index in [9.17, 15) is 14.0 Å². The zero-order valence-corrected chi connectivity index (χ0v) is 14.2. The number of nitrogens with zero attached hydrogens (tertiary/aromatic N) is 2. The number of hydrogen-bond donors (Lipinski definition) is 1. The van der Waals surface area contributed by atoms with Crippen LogP contribution in [-0.4, -0.2) is 60.9 Å². The van der Waals surface area contributed by atoms with Crippen LogP contribution in [0.1, 0.15) is 23.2 Å². The van der Waals surface area contributed by atoms with Crippen LogP contribution >= 0.6 is 11.6 Å². The van der Waals surface area contributed by atoms with E-state index in [4.69, 9.17) is 11.6 Å². The Morgan fingerprint density at radius 1 is 1.17 bits per heavy atom. The normalized spacial score (nSPS) is 21.7. The minimum absolute atomic E-state index is 0.0238. The van der Waals surface area contributed by atoms with Crippen molar-refractivity contribution in [3.63, 3.8) is 0 Å². The van der Waals surface area contributed by atoms with Gasteiger partial charge in [0.2, 0.25) is 5.91 Å². The van der Waals surface area contributed by atoms with Crippen LogP contribution in [0.4, 0.5) is 4.39 Å². The van der Waals surface area contributed by atoms with Crippen LogP contribution in [-0.2, 0) is 4.79 Å². The first kappa shape index (κ1) is 17.2. The third-order valence-electron chi connectivity index (χ3n) is 4.69. The van der Waals surface area contributed by atoms with Gasteiger partial charge in [0.1, 0.15) is 5.82 Å². The number of amides is 2. The molecule has 3 rings (SSSR count). The fourth-order valence-electron chi connectivity index (χ4n) is 3.28. The standard InChI is InChI=1S/C17H21ClFN3O2/c18-13-3-4-14(15(19)10-13)17(24)22-8-6-21(7-9-22)16(23)12-2-1-5-20-11-12/h3-4,10,12,20H,1-2,5-9,11H2. The van der Waals surface area contributed by atoms with Crippen molar-refractivity contribution in [3.05, 3.63) is 34.6 Å². The van der Waals surface area contributed by atoms with E-state index in [-0.39, 0.29) is 28.3 Å². The molecule has 1 aromatic carbocycles. The minimum Gasteiger partial charge on any atom is -0.339 e. The maximum absolute atomic E-state index is 13.9. The van der Waals surface area contributed by atoms with Crippen molar-refractivity contribution in [2.75, 3.05) is 39.3 Å². The largest absolute Gasteiger partial charge is 0.339 e. The highest BCUT2D eigenvalue weighted by atomic mass is 35.5. The molecular formula is C17H21ClFN3O2. The van der Waals surface area contributed by atoms with Gasteiger partial charge in [0.05, 0.1) is 11.5 Å². The van der Waals surface area contributed by atoms with Crippen molar-refractivity contribution in [2.45, 2.75) is 12.8 Å². The van der Waals surface area contributed by atoms with Crippen molar-refractivity contribution in [1.29, 1.82) is 0 Å². The van der Waals surface area contributed by atoms with Crippen LogP contribution in [0, 0.1) is 11.7 Å². The quantitative estimate of drug-likeness (QED) is 0.881. The molecule has 0 aliphatic carbocycles. The van der Waals surface area contributed by atoms with Gasteiger partial charge in [0.25, 0.3) is 5.91 Å². The Morgan fingerprint density at radius 3 is 2.50 bits per heavy atom. The Morgan fingerprint density at radius 2 is 1.88 bits per heavy atom. The van der Waals surface area contributed by atoms with E-state index in [2.05, 4.69) is 5.32 Å². The van der Waals surface area contributed by atoms with Crippen LogP contribution < -0.4 is 5.32 Å². The molecule has 1 aromatic rings. The second-order valence-electron chi connectivity index (χ2n) is 6.28. The van der Waals surface area contributed by atoms with Crippen LogP contribution in [0.2, 0.25) is 5.02 Å². The molecule has 130 valence electrons. The number of hydrogen-bond acceptors (Lipinski definition) is 3. The molecule has 1 N–H and O–H groups in total. The molecule has 2 amide bonds. The third-order valence-corrected chi connectivity index (χ3v) is 4.92. The lowest BCUT2D eigenvalue weighted by molar-refractivity contribution is -0.137. The fraction of sp³-hybridized carbons (Fsp3) is 0.529. The molecule has 2 fully saturated rings. The number of piperidine rings is 1. The molecule has 5 nitrogen and oxygen atoms in total. The van der Waals surface area contributed by atoms with Crippen LogP contribution in [0.5, 0.6) is 0 Å². The van der Waals surface area contributed by atoms with Crippen molar-refractivity contribution in [1.82, 2.24) is 15.1 Å². The highest BCUT2D eigenvalue weighted by Crippen LogP contribution is 2.19. The van der Waals surface area contributed by atoms with Gasteiger partial charge in [-0.1, -0.05) is 11.6 Å². The smallest absolute Gasteiger partial charge is 0.256 e. The van der Waals surface area contributed by atoms with Gasteiger partial charge in [-0.05, 0) is 37.6 Å². The summed E-state index contributed by atoms with van der Waals surface area (Å²) in [5, 5.41) is 3.51. The van der Waals surface area contributed by atoms with Gasteiger partial charge >= 0.3 is 0 Å². The fourth-order valence-corrected chi connectivity index (χ4v) is 3.44. The highest BCUT2D eigenvalue weighted by molar-refractivity contribution is 6.30. The average molecular weight is 354 g/mol. The number of carbonyl (C=O) groups excluding carboxylic acids is 2. The van der Waals surface area contributed by atoms with Crippen molar-refractivity contribution < 1.29 is 14.0 Å². The second-order valence-corrected chi connectivity index (χ2v) is 6.72. The van der Waals surface area contributed by atoms with E-state index in [0.29, 0.717) is 26.2 Å². The van der Waals surface area contributed by atoms with Gasteiger partial charge in [0.15, 0.2) is 0 Å². The first-order valence-electron chi connectivity index (χ1n) is 8.30. The molecular weight excluding hydrogens is 333 g/mol. The van der Waals surface area contributed by atoms with Crippen LogP contribution in [0.25, 0.3) is 0 Å². The molecule has 2 aliphatic rings. The Labute approximate surface area is 145 Å². The molecule has 0 aromatic heterocycles. The lowest BCUT2D eigenvalue weighted by atomic mass is 9.98. The summed E-state index contributed by atoms with van der Waals surface area (Å²) in [6.45, 7) is 3.54.